The van der Waals surface area contributed by atoms with Crippen LogP contribution in [0.5, 0.6) is 0 Å². The fourth-order valence-corrected chi connectivity index (χ4v) is 1.95. The van der Waals surface area contributed by atoms with Crippen LogP contribution in [-0.4, -0.2) is 23.5 Å². The van der Waals surface area contributed by atoms with Crippen molar-refractivity contribution in [3.8, 4) is 0 Å². The van der Waals surface area contributed by atoms with Crippen molar-refractivity contribution in [1.82, 2.24) is 10.3 Å². The van der Waals surface area contributed by atoms with Crippen LogP contribution in [0.25, 0.3) is 0 Å². The van der Waals surface area contributed by atoms with E-state index >= 15 is 0 Å². The normalized spacial score (nSPS) is 11.5. The minimum absolute atomic E-state index is 0.204. The van der Waals surface area contributed by atoms with E-state index in [0.29, 0.717) is 10.6 Å². The molecule has 0 aliphatic heterocycles. The van der Waals surface area contributed by atoms with Crippen molar-refractivity contribution in [3.63, 3.8) is 0 Å². The van der Waals surface area contributed by atoms with Gasteiger partial charge in [-0.15, -0.1) is 0 Å². The van der Waals surface area contributed by atoms with Crippen LogP contribution in [0.4, 0.5) is 0 Å². The molecule has 0 fully saturated rings. The van der Waals surface area contributed by atoms with E-state index in [1.54, 1.807) is 12.1 Å². The molecule has 0 bridgehead atoms. The molecule has 2 aromatic rings. The van der Waals surface area contributed by atoms with Crippen LogP contribution in [0.1, 0.15) is 28.9 Å². The molecule has 1 aromatic carbocycles. The molecule has 0 radical (unpaired) electrons. The van der Waals surface area contributed by atoms with Crippen LogP contribution in [0.3, 0.4) is 0 Å². The lowest BCUT2D eigenvalue weighted by atomic mass is 10.1. The SMILES string of the molecule is C[C@@H](NC(=O)COC(=O)c1ccncc1)c1ccc(Cl)cc1. The molecule has 2 rings (SSSR count). The zero-order valence-electron chi connectivity index (χ0n) is 12.0. The van der Waals surface area contributed by atoms with Gasteiger partial charge in [-0.2, -0.15) is 0 Å². The molecule has 0 aliphatic carbocycles. The van der Waals surface area contributed by atoms with E-state index in [1.807, 2.05) is 19.1 Å². The number of hydrogen-bond acceptors (Lipinski definition) is 4. The summed E-state index contributed by atoms with van der Waals surface area (Å²) in [5.41, 5.74) is 1.27. The van der Waals surface area contributed by atoms with E-state index in [0.717, 1.165) is 5.56 Å². The highest BCUT2D eigenvalue weighted by Gasteiger charge is 2.13. The molecule has 0 aliphatic rings. The fraction of sp³-hybridized carbons (Fsp3) is 0.188. The van der Waals surface area contributed by atoms with Gasteiger partial charge in [0.25, 0.3) is 5.91 Å². The summed E-state index contributed by atoms with van der Waals surface area (Å²) in [7, 11) is 0. The van der Waals surface area contributed by atoms with Crippen LogP contribution >= 0.6 is 11.6 Å². The zero-order chi connectivity index (χ0) is 15.9. The lowest BCUT2D eigenvalue weighted by molar-refractivity contribution is -0.124. The average molecular weight is 319 g/mol. The lowest BCUT2D eigenvalue weighted by Gasteiger charge is -2.14. The number of carbonyl (C=O) groups excluding carboxylic acids is 2. The molecule has 0 saturated carbocycles. The number of esters is 1. The first-order chi connectivity index (χ1) is 10.6. The number of carbonyl (C=O) groups is 2. The van der Waals surface area contributed by atoms with Crippen molar-refractivity contribution in [2.24, 2.45) is 0 Å². The third kappa shape index (κ3) is 4.56. The summed E-state index contributed by atoms with van der Waals surface area (Å²) in [5.74, 6) is -0.929. The number of amides is 1. The number of nitrogens with zero attached hydrogens (tertiary/aromatic N) is 1. The molecule has 5 nitrogen and oxygen atoms in total. The van der Waals surface area contributed by atoms with Crippen LogP contribution in [0, 0.1) is 0 Å². The maximum absolute atomic E-state index is 11.8. The zero-order valence-corrected chi connectivity index (χ0v) is 12.7. The molecule has 22 heavy (non-hydrogen) atoms. The second-order valence-electron chi connectivity index (χ2n) is 4.65. The molecule has 1 amide bonds. The topological polar surface area (TPSA) is 68.3 Å². The Hall–Kier alpha value is -2.40. The summed E-state index contributed by atoms with van der Waals surface area (Å²) in [4.78, 5) is 27.3. The molecule has 0 saturated heterocycles. The smallest absolute Gasteiger partial charge is 0.338 e. The van der Waals surface area contributed by atoms with Crippen molar-refractivity contribution in [1.29, 1.82) is 0 Å². The Balaban J connectivity index is 1.83. The number of nitrogens with one attached hydrogen (secondary N) is 1. The van der Waals surface area contributed by atoms with E-state index in [1.165, 1.54) is 24.5 Å². The second kappa shape index (κ2) is 7.56. The highest BCUT2D eigenvalue weighted by molar-refractivity contribution is 6.30. The van der Waals surface area contributed by atoms with E-state index in [-0.39, 0.29) is 18.6 Å². The Labute approximate surface area is 133 Å². The van der Waals surface area contributed by atoms with Crippen molar-refractivity contribution < 1.29 is 14.3 Å². The van der Waals surface area contributed by atoms with Gasteiger partial charge in [-0.25, -0.2) is 4.79 Å². The van der Waals surface area contributed by atoms with Crippen molar-refractivity contribution >= 4 is 23.5 Å². The highest BCUT2D eigenvalue weighted by Crippen LogP contribution is 2.15. The summed E-state index contributed by atoms with van der Waals surface area (Å²) in [5, 5.41) is 3.38. The Bertz CT molecular complexity index is 644. The number of halogens is 1. The molecule has 114 valence electrons. The molecule has 0 spiro atoms. The Morgan fingerprint density at radius 3 is 2.45 bits per heavy atom. The average Bonchev–Trinajstić information content (AvgIpc) is 2.54. The summed E-state index contributed by atoms with van der Waals surface area (Å²) >= 11 is 5.82. The first kappa shape index (κ1) is 16.0. The quantitative estimate of drug-likeness (QED) is 0.861. The monoisotopic (exact) mass is 318 g/mol. The van der Waals surface area contributed by atoms with E-state index in [9.17, 15) is 9.59 Å². The van der Waals surface area contributed by atoms with E-state index in [2.05, 4.69) is 10.3 Å². The molecule has 1 aromatic heterocycles. The second-order valence-corrected chi connectivity index (χ2v) is 5.09. The number of ether oxygens (including phenoxy) is 1. The minimum Gasteiger partial charge on any atom is -0.452 e. The molecule has 1 N–H and O–H groups in total. The van der Waals surface area contributed by atoms with Gasteiger partial charge in [-0.3, -0.25) is 9.78 Å². The third-order valence-corrected chi connectivity index (χ3v) is 3.25. The van der Waals surface area contributed by atoms with Gasteiger partial charge >= 0.3 is 5.97 Å². The number of rotatable bonds is 5. The Morgan fingerprint density at radius 2 is 1.82 bits per heavy atom. The predicted octanol–water partition coefficient (Wildman–Crippen LogP) is 2.77. The van der Waals surface area contributed by atoms with Gasteiger partial charge in [0.15, 0.2) is 6.61 Å². The Morgan fingerprint density at radius 1 is 1.18 bits per heavy atom. The van der Waals surface area contributed by atoms with Crippen molar-refractivity contribution in [3.05, 3.63) is 64.9 Å². The number of pyridine rings is 1. The summed E-state index contributed by atoms with van der Waals surface area (Å²) < 4.78 is 4.95. The van der Waals surface area contributed by atoms with Gasteiger partial charge in [0.05, 0.1) is 11.6 Å². The van der Waals surface area contributed by atoms with E-state index in [4.69, 9.17) is 16.3 Å². The molecule has 0 unspecified atom stereocenters. The summed E-state index contributed by atoms with van der Waals surface area (Å²) in [6.07, 6.45) is 2.97. The lowest BCUT2D eigenvalue weighted by Crippen LogP contribution is -2.31. The van der Waals surface area contributed by atoms with Gasteiger partial charge in [0.2, 0.25) is 0 Å². The van der Waals surface area contributed by atoms with E-state index < -0.39 is 5.97 Å². The van der Waals surface area contributed by atoms with Gasteiger partial charge < -0.3 is 10.1 Å². The number of hydrogen-bond donors (Lipinski definition) is 1. The minimum atomic E-state index is -0.559. The maximum Gasteiger partial charge on any atom is 0.338 e. The van der Waals surface area contributed by atoms with Crippen LogP contribution in [0.15, 0.2) is 48.8 Å². The molecule has 6 heteroatoms. The third-order valence-electron chi connectivity index (χ3n) is 3.00. The van der Waals surface area contributed by atoms with Gasteiger partial charge in [-0.05, 0) is 36.8 Å². The number of aromatic nitrogens is 1. The molecular weight excluding hydrogens is 304 g/mol. The first-order valence-electron chi connectivity index (χ1n) is 6.68. The van der Waals surface area contributed by atoms with Crippen molar-refractivity contribution in [2.45, 2.75) is 13.0 Å². The molecular formula is C16H15ClN2O3. The fourth-order valence-electron chi connectivity index (χ4n) is 1.82. The molecule has 1 atom stereocenters. The van der Waals surface area contributed by atoms with Gasteiger partial charge in [-0.1, -0.05) is 23.7 Å². The maximum atomic E-state index is 11.8. The van der Waals surface area contributed by atoms with Crippen LogP contribution < -0.4 is 5.32 Å². The van der Waals surface area contributed by atoms with Gasteiger partial charge in [0, 0.05) is 17.4 Å². The van der Waals surface area contributed by atoms with Crippen LogP contribution in [-0.2, 0) is 9.53 Å². The summed E-state index contributed by atoms with van der Waals surface area (Å²) in [6.45, 7) is 1.50. The largest absolute Gasteiger partial charge is 0.452 e. The first-order valence-corrected chi connectivity index (χ1v) is 7.06. The van der Waals surface area contributed by atoms with Crippen molar-refractivity contribution in [2.75, 3.05) is 6.61 Å². The van der Waals surface area contributed by atoms with Crippen LogP contribution in [0.2, 0.25) is 5.02 Å². The molecule has 1 heterocycles. The summed E-state index contributed by atoms with van der Waals surface area (Å²) in [6, 6.07) is 10.0. The predicted molar refractivity (Wildman–Crippen MR) is 82.5 cm³/mol. The Kier molecular flexibility index (Phi) is 5.49. The highest BCUT2D eigenvalue weighted by atomic mass is 35.5. The standard InChI is InChI=1S/C16H15ClN2O3/c1-11(12-2-4-14(17)5-3-12)19-15(20)10-22-16(21)13-6-8-18-9-7-13/h2-9,11H,10H2,1H3,(H,19,20)/t11-/m1/s1. The van der Waals surface area contributed by atoms with Gasteiger partial charge in [0.1, 0.15) is 0 Å². The number of benzene rings is 1.